The third-order valence-corrected chi connectivity index (χ3v) is 6.35. The van der Waals surface area contributed by atoms with Gasteiger partial charge in [-0.2, -0.15) is 0 Å². The first kappa shape index (κ1) is 21.7. The number of pyridine rings is 1. The van der Waals surface area contributed by atoms with Gasteiger partial charge in [0.1, 0.15) is 12.4 Å². The maximum atomic E-state index is 11.5. The van der Waals surface area contributed by atoms with E-state index in [4.69, 9.17) is 20.6 Å². The molecule has 1 aromatic carbocycles. The van der Waals surface area contributed by atoms with Crippen LogP contribution in [-0.2, 0) is 17.7 Å². The highest BCUT2D eigenvalue weighted by molar-refractivity contribution is 5.75. The lowest BCUT2D eigenvalue weighted by Gasteiger charge is -2.41. The predicted molar refractivity (Wildman–Crippen MR) is 120 cm³/mol. The molecule has 9 heteroatoms. The van der Waals surface area contributed by atoms with E-state index in [2.05, 4.69) is 16.0 Å². The predicted octanol–water partition coefficient (Wildman–Crippen LogP) is 2.75. The van der Waals surface area contributed by atoms with Crippen molar-refractivity contribution in [3.63, 3.8) is 0 Å². The number of hydrogen-bond donors (Lipinski definition) is 3. The molecule has 4 rings (SSSR count). The number of aryl methyl sites for hydroxylation is 1. The summed E-state index contributed by atoms with van der Waals surface area (Å²) in [4.78, 5) is 19.5. The summed E-state index contributed by atoms with van der Waals surface area (Å²) in [5.74, 6) is 0.771. The van der Waals surface area contributed by atoms with Gasteiger partial charge in [-0.3, -0.25) is 10.4 Å². The molecule has 170 valence electrons. The Balaban J connectivity index is 1.47. The standard InChI is InChI=1S/C23H29N5O4/c1-16-12-17-4-9-28(21(24)25)14-18(17)13-20(16)31-15-23(32-22(29)30)5-10-27(11-6-23)19-2-7-26-8-3-19/h2-3,7-8,12-13H,4-6,9-11,14-15H2,1H3,(H3,24,25)(H,29,30). The number of aromatic nitrogens is 1. The molecular formula is C23H29N5O4. The van der Waals surface area contributed by atoms with Crippen LogP contribution in [0.25, 0.3) is 0 Å². The molecule has 0 atom stereocenters. The van der Waals surface area contributed by atoms with E-state index in [-0.39, 0.29) is 12.6 Å². The lowest BCUT2D eigenvalue weighted by molar-refractivity contribution is -0.0594. The Morgan fingerprint density at radius 1 is 1.22 bits per heavy atom. The van der Waals surface area contributed by atoms with Crippen LogP contribution in [0.4, 0.5) is 10.5 Å². The second-order valence-corrected chi connectivity index (χ2v) is 8.48. The highest BCUT2D eigenvalue weighted by atomic mass is 16.7. The van der Waals surface area contributed by atoms with E-state index in [1.165, 1.54) is 5.56 Å². The fourth-order valence-corrected chi connectivity index (χ4v) is 4.47. The normalized spacial score (nSPS) is 17.4. The minimum atomic E-state index is -1.29. The quantitative estimate of drug-likeness (QED) is 0.369. The topological polar surface area (TPSA) is 125 Å². The molecule has 9 nitrogen and oxygen atoms in total. The zero-order valence-corrected chi connectivity index (χ0v) is 18.2. The molecule has 0 aliphatic carbocycles. The number of guanidine groups is 1. The molecule has 3 heterocycles. The zero-order valence-electron chi connectivity index (χ0n) is 18.2. The van der Waals surface area contributed by atoms with Crippen LogP contribution in [0.15, 0.2) is 36.7 Å². The summed E-state index contributed by atoms with van der Waals surface area (Å²) in [5, 5.41) is 17.1. The largest absolute Gasteiger partial charge is 0.506 e. The molecule has 4 N–H and O–H groups in total. The highest BCUT2D eigenvalue weighted by Crippen LogP contribution is 2.33. The van der Waals surface area contributed by atoms with Crippen LogP contribution in [0.2, 0.25) is 0 Å². The van der Waals surface area contributed by atoms with Crippen molar-refractivity contribution in [1.82, 2.24) is 9.88 Å². The van der Waals surface area contributed by atoms with Crippen molar-refractivity contribution >= 4 is 17.8 Å². The van der Waals surface area contributed by atoms with Gasteiger partial charge in [0.05, 0.1) is 0 Å². The van der Waals surface area contributed by atoms with Gasteiger partial charge < -0.3 is 30.1 Å². The molecule has 1 saturated heterocycles. The molecule has 0 bridgehead atoms. The van der Waals surface area contributed by atoms with Crippen molar-refractivity contribution in [2.75, 3.05) is 31.1 Å². The monoisotopic (exact) mass is 439 g/mol. The molecule has 2 aliphatic heterocycles. The number of nitrogens with one attached hydrogen (secondary N) is 1. The molecule has 1 fully saturated rings. The average molecular weight is 440 g/mol. The van der Waals surface area contributed by atoms with Gasteiger partial charge in [0, 0.05) is 57.1 Å². The maximum Gasteiger partial charge on any atom is 0.506 e. The summed E-state index contributed by atoms with van der Waals surface area (Å²) >= 11 is 0. The number of fused-ring (bicyclic) bond motifs is 1. The summed E-state index contributed by atoms with van der Waals surface area (Å²) in [7, 11) is 0. The fraction of sp³-hybridized carbons (Fsp3) is 0.435. The Kier molecular flexibility index (Phi) is 6.07. The number of rotatable bonds is 5. The maximum absolute atomic E-state index is 11.5. The van der Waals surface area contributed by atoms with Gasteiger partial charge >= 0.3 is 6.16 Å². The van der Waals surface area contributed by atoms with Gasteiger partial charge in [0.2, 0.25) is 0 Å². The van der Waals surface area contributed by atoms with Crippen molar-refractivity contribution in [1.29, 1.82) is 5.41 Å². The highest BCUT2D eigenvalue weighted by Gasteiger charge is 2.40. The zero-order chi connectivity index (χ0) is 22.7. The van der Waals surface area contributed by atoms with Gasteiger partial charge in [-0.25, -0.2) is 4.79 Å². The van der Waals surface area contributed by atoms with E-state index >= 15 is 0 Å². The second kappa shape index (κ2) is 8.94. The SMILES string of the molecule is Cc1cc2c(cc1OCC1(OC(=O)O)CCN(c3ccncc3)CC1)CN(C(=N)N)CC2. The summed E-state index contributed by atoms with van der Waals surface area (Å²) in [6, 6.07) is 7.99. The molecule has 2 aromatic rings. The Morgan fingerprint density at radius 3 is 2.59 bits per heavy atom. The molecular weight excluding hydrogens is 410 g/mol. The minimum absolute atomic E-state index is 0.0634. The second-order valence-electron chi connectivity index (χ2n) is 8.48. The van der Waals surface area contributed by atoms with Gasteiger partial charge in [-0.05, 0) is 48.2 Å². The van der Waals surface area contributed by atoms with E-state index in [1.807, 2.05) is 30.0 Å². The number of nitrogens with two attached hydrogens (primary N) is 1. The van der Waals surface area contributed by atoms with Crippen LogP contribution >= 0.6 is 0 Å². The number of carbonyl (C=O) groups is 1. The Bertz CT molecular complexity index is 989. The first-order valence-electron chi connectivity index (χ1n) is 10.8. The van der Waals surface area contributed by atoms with Crippen molar-refractivity contribution in [2.45, 2.75) is 38.3 Å². The molecule has 0 radical (unpaired) electrons. The Hall–Kier alpha value is -3.49. The fourth-order valence-electron chi connectivity index (χ4n) is 4.47. The third-order valence-electron chi connectivity index (χ3n) is 6.35. The van der Waals surface area contributed by atoms with Gasteiger partial charge in [0.15, 0.2) is 11.6 Å². The van der Waals surface area contributed by atoms with Crippen molar-refractivity contribution < 1.29 is 19.4 Å². The van der Waals surface area contributed by atoms with Crippen LogP contribution in [0.1, 0.15) is 29.5 Å². The lowest BCUT2D eigenvalue weighted by Crippen LogP contribution is -2.50. The van der Waals surface area contributed by atoms with Crippen LogP contribution in [0.3, 0.4) is 0 Å². The van der Waals surface area contributed by atoms with Crippen LogP contribution in [0.5, 0.6) is 5.75 Å². The number of benzene rings is 1. The Labute approximate surface area is 187 Å². The molecule has 0 saturated carbocycles. The summed E-state index contributed by atoms with van der Waals surface area (Å²) in [6.45, 7) is 4.77. The first-order valence-corrected chi connectivity index (χ1v) is 10.8. The molecule has 0 spiro atoms. The number of carboxylic acid groups (broad SMARTS) is 1. The lowest BCUT2D eigenvalue weighted by atomic mass is 9.91. The number of nitrogens with zero attached hydrogens (tertiary/aromatic N) is 3. The molecule has 0 amide bonds. The number of anilines is 1. The summed E-state index contributed by atoms with van der Waals surface area (Å²) < 4.78 is 11.5. The molecule has 1 aromatic heterocycles. The van der Waals surface area contributed by atoms with E-state index in [1.54, 1.807) is 12.4 Å². The van der Waals surface area contributed by atoms with Crippen LogP contribution in [0, 0.1) is 12.3 Å². The minimum Gasteiger partial charge on any atom is -0.489 e. The van der Waals surface area contributed by atoms with Gasteiger partial charge in [-0.1, -0.05) is 6.07 Å². The van der Waals surface area contributed by atoms with Crippen molar-refractivity contribution in [3.8, 4) is 5.75 Å². The van der Waals surface area contributed by atoms with Crippen molar-refractivity contribution in [3.05, 3.63) is 53.3 Å². The summed E-state index contributed by atoms with van der Waals surface area (Å²) in [6.07, 6.45) is 4.10. The van der Waals surface area contributed by atoms with Crippen LogP contribution < -0.4 is 15.4 Å². The van der Waals surface area contributed by atoms with E-state index < -0.39 is 11.8 Å². The van der Waals surface area contributed by atoms with Gasteiger partial charge in [0.25, 0.3) is 0 Å². The molecule has 0 unspecified atom stereocenters. The van der Waals surface area contributed by atoms with Crippen molar-refractivity contribution in [2.24, 2.45) is 5.73 Å². The molecule has 32 heavy (non-hydrogen) atoms. The van der Waals surface area contributed by atoms with E-state index in [0.717, 1.165) is 29.8 Å². The third kappa shape index (κ3) is 4.71. The number of hydrogen-bond acceptors (Lipinski definition) is 6. The molecule has 2 aliphatic rings. The smallest absolute Gasteiger partial charge is 0.489 e. The Morgan fingerprint density at radius 2 is 1.94 bits per heavy atom. The van der Waals surface area contributed by atoms with Gasteiger partial charge in [-0.15, -0.1) is 0 Å². The average Bonchev–Trinajstić information content (AvgIpc) is 2.78. The number of ether oxygens (including phenoxy) is 2. The summed E-state index contributed by atoms with van der Waals surface area (Å²) in [5.41, 5.74) is 9.13. The van der Waals surface area contributed by atoms with E-state index in [9.17, 15) is 9.90 Å². The van der Waals surface area contributed by atoms with E-state index in [0.29, 0.717) is 38.2 Å². The van der Waals surface area contributed by atoms with Crippen LogP contribution in [-0.4, -0.2) is 58.9 Å². The number of piperidine rings is 1. The first-order chi connectivity index (χ1) is 15.3.